The monoisotopic (exact) mass is 427 g/mol. The third-order valence-electron chi connectivity index (χ3n) is 7.07. The Balaban J connectivity index is 1.43. The van der Waals surface area contributed by atoms with Crippen molar-refractivity contribution in [3.63, 3.8) is 0 Å². The first-order valence-corrected chi connectivity index (χ1v) is 11.7. The lowest BCUT2D eigenvalue weighted by molar-refractivity contribution is 0.0929. The summed E-state index contributed by atoms with van der Waals surface area (Å²) in [7, 11) is 1.61. The lowest BCUT2D eigenvalue weighted by Gasteiger charge is -2.41. The van der Waals surface area contributed by atoms with Crippen LogP contribution in [0.15, 0.2) is 84.9 Å². The van der Waals surface area contributed by atoms with Crippen LogP contribution in [-0.4, -0.2) is 19.6 Å². The third-order valence-corrected chi connectivity index (χ3v) is 7.07. The Hall–Kier alpha value is -3.07. The van der Waals surface area contributed by atoms with Gasteiger partial charge in [-0.1, -0.05) is 72.8 Å². The average Bonchev–Trinajstić information content (AvgIpc) is 2.88. The molecular formula is C29H33NO2. The third kappa shape index (κ3) is 5.21. The first kappa shape index (κ1) is 22.1. The number of methoxy groups -OCH3 is 1. The van der Waals surface area contributed by atoms with E-state index in [2.05, 4.69) is 66.0 Å². The Morgan fingerprint density at radius 1 is 0.906 bits per heavy atom. The van der Waals surface area contributed by atoms with Crippen molar-refractivity contribution in [2.75, 3.05) is 13.7 Å². The van der Waals surface area contributed by atoms with Crippen LogP contribution in [0.2, 0.25) is 0 Å². The van der Waals surface area contributed by atoms with Crippen molar-refractivity contribution in [2.45, 2.75) is 43.9 Å². The van der Waals surface area contributed by atoms with Gasteiger partial charge in [0.25, 0.3) is 5.91 Å². The molecule has 166 valence electrons. The van der Waals surface area contributed by atoms with E-state index < -0.39 is 0 Å². The van der Waals surface area contributed by atoms with Gasteiger partial charge in [0, 0.05) is 12.0 Å². The summed E-state index contributed by atoms with van der Waals surface area (Å²) in [6.45, 7) is 0.652. The van der Waals surface area contributed by atoms with Crippen LogP contribution in [0.4, 0.5) is 0 Å². The minimum absolute atomic E-state index is 0.0117. The van der Waals surface area contributed by atoms with Crippen molar-refractivity contribution >= 4 is 5.91 Å². The Morgan fingerprint density at radius 3 is 2.22 bits per heavy atom. The molecule has 0 aliphatic heterocycles. The maximum absolute atomic E-state index is 13.0. The van der Waals surface area contributed by atoms with E-state index in [4.69, 9.17) is 4.74 Å². The highest BCUT2D eigenvalue weighted by atomic mass is 16.5. The zero-order valence-electron chi connectivity index (χ0n) is 18.9. The quantitative estimate of drug-likeness (QED) is 0.466. The van der Waals surface area contributed by atoms with Gasteiger partial charge in [0.2, 0.25) is 0 Å². The molecule has 4 rings (SSSR count). The summed E-state index contributed by atoms with van der Waals surface area (Å²) in [6, 6.07) is 28.9. The van der Waals surface area contributed by atoms with Crippen molar-refractivity contribution < 1.29 is 9.53 Å². The van der Waals surface area contributed by atoms with E-state index in [9.17, 15) is 4.79 Å². The largest absolute Gasteiger partial charge is 0.496 e. The van der Waals surface area contributed by atoms with Crippen molar-refractivity contribution in [1.29, 1.82) is 0 Å². The number of amides is 1. The molecule has 1 fully saturated rings. The summed E-state index contributed by atoms with van der Waals surface area (Å²) in [4.78, 5) is 13.0. The number of ether oxygens (including phenoxy) is 1. The Bertz CT molecular complexity index is 992. The zero-order chi connectivity index (χ0) is 22.2. The van der Waals surface area contributed by atoms with Crippen LogP contribution in [-0.2, 0) is 11.8 Å². The molecule has 32 heavy (non-hydrogen) atoms. The zero-order valence-corrected chi connectivity index (χ0v) is 18.9. The predicted molar refractivity (Wildman–Crippen MR) is 130 cm³/mol. The van der Waals surface area contributed by atoms with Crippen molar-refractivity contribution in [3.05, 3.63) is 102 Å². The van der Waals surface area contributed by atoms with Crippen LogP contribution >= 0.6 is 0 Å². The van der Waals surface area contributed by atoms with Crippen molar-refractivity contribution in [1.82, 2.24) is 5.32 Å². The molecule has 0 aromatic heterocycles. The van der Waals surface area contributed by atoms with Crippen molar-refractivity contribution in [2.24, 2.45) is 5.92 Å². The molecule has 3 nitrogen and oxygen atoms in total. The van der Waals surface area contributed by atoms with E-state index >= 15 is 0 Å². The van der Waals surface area contributed by atoms with Crippen LogP contribution in [0.3, 0.4) is 0 Å². The van der Waals surface area contributed by atoms with E-state index in [1.54, 1.807) is 7.11 Å². The topological polar surface area (TPSA) is 38.3 Å². The maximum atomic E-state index is 13.0. The molecule has 1 N–H and O–H groups in total. The van der Waals surface area contributed by atoms with Crippen molar-refractivity contribution in [3.8, 4) is 5.75 Å². The number of carbonyl (C=O) groups is 1. The van der Waals surface area contributed by atoms with Crippen LogP contribution in [0, 0.1) is 5.92 Å². The fraction of sp³-hybridized carbons (Fsp3) is 0.345. The van der Waals surface area contributed by atoms with Crippen LogP contribution in [0.25, 0.3) is 0 Å². The van der Waals surface area contributed by atoms with Gasteiger partial charge < -0.3 is 10.1 Å². The predicted octanol–water partition coefficient (Wildman–Crippen LogP) is 6.19. The Morgan fingerprint density at radius 2 is 1.53 bits per heavy atom. The number of hydrogen-bond donors (Lipinski definition) is 1. The molecule has 1 aliphatic carbocycles. The molecular weight excluding hydrogens is 394 g/mol. The minimum Gasteiger partial charge on any atom is -0.496 e. The molecule has 1 amide bonds. The fourth-order valence-corrected chi connectivity index (χ4v) is 5.07. The van der Waals surface area contributed by atoms with Gasteiger partial charge in [0.15, 0.2) is 0 Å². The average molecular weight is 428 g/mol. The van der Waals surface area contributed by atoms with E-state index in [-0.39, 0.29) is 11.3 Å². The summed E-state index contributed by atoms with van der Waals surface area (Å²) >= 11 is 0. The van der Waals surface area contributed by atoms with E-state index in [1.807, 2.05) is 24.3 Å². The van der Waals surface area contributed by atoms with Gasteiger partial charge in [-0.15, -0.1) is 0 Å². The summed E-state index contributed by atoms with van der Waals surface area (Å²) in [5.41, 5.74) is 3.34. The first-order chi connectivity index (χ1) is 15.7. The lowest BCUT2D eigenvalue weighted by atomic mass is 9.65. The summed E-state index contributed by atoms with van der Waals surface area (Å²) < 4.78 is 5.38. The fourth-order valence-electron chi connectivity index (χ4n) is 5.07. The molecule has 0 unspecified atom stereocenters. The Kier molecular flexibility index (Phi) is 7.26. The van der Waals surface area contributed by atoms with E-state index in [0.29, 0.717) is 17.9 Å². The molecule has 1 aliphatic rings. The van der Waals surface area contributed by atoms with Gasteiger partial charge in [-0.25, -0.2) is 0 Å². The molecule has 0 radical (unpaired) electrons. The molecule has 3 aromatic carbocycles. The number of benzene rings is 3. The minimum atomic E-state index is -0.0658. The molecule has 0 bridgehead atoms. The number of hydrogen-bond acceptors (Lipinski definition) is 2. The smallest absolute Gasteiger partial charge is 0.255 e. The van der Waals surface area contributed by atoms with Gasteiger partial charge in [-0.2, -0.15) is 0 Å². The van der Waals surface area contributed by atoms with Gasteiger partial charge in [-0.05, 0) is 67.7 Å². The molecule has 0 saturated heterocycles. The number of para-hydroxylation sites is 1. The number of aryl methyl sites for hydroxylation is 1. The Labute approximate surface area is 191 Å². The molecule has 1 saturated carbocycles. The van der Waals surface area contributed by atoms with Gasteiger partial charge in [0.1, 0.15) is 5.75 Å². The summed E-state index contributed by atoms with van der Waals surface area (Å²) in [6.07, 6.45) is 6.99. The molecule has 0 heterocycles. The highest BCUT2D eigenvalue weighted by molar-refractivity contribution is 5.96. The first-order valence-electron chi connectivity index (χ1n) is 11.7. The van der Waals surface area contributed by atoms with Crippen LogP contribution in [0.1, 0.15) is 53.6 Å². The van der Waals surface area contributed by atoms with E-state index in [1.165, 1.54) is 30.4 Å². The van der Waals surface area contributed by atoms with Crippen LogP contribution in [0.5, 0.6) is 5.75 Å². The van der Waals surface area contributed by atoms with E-state index in [0.717, 1.165) is 25.2 Å². The molecule has 3 aromatic rings. The molecule has 0 spiro atoms. The maximum Gasteiger partial charge on any atom is 0.255 e. The van der Waals surface area contributed by atoms with Gasteiger partial charge >= 0.3 is 0 Å². The van der Waals surface area contributed by atoms with Crippen LogP contribution < -0.4 is 10.1 Å². The number of rotatable bonds is 8. The SMILES string of the molecule is COc1ccccc1C(=O)NCC1(c2ccccc2)CCC(CCc2ccccc2)CC1. The highest BCUT2D eigenvalue weighted by Gasteiger charge is 2.37. The lowest BCUT2D eigenvalue weighted by Crippen LogP contribution is -2.43. The number of nitrogens with one attached hydrogen (secondary N) is 1. The molecule has 0 atom stereocenters. The summed E-state index contributed by atoms with van der Waals surface area (Å²) in [5, 5.41) is 3.24. The summed E-state index contributed by atoms with van der Waals surface area (Å²) in [5.74, 6) is 1.30. The molecule has 3 heteroatoms. The normalized spacial score (nSPS) is 20.5. The highest BCUT2D eigenvalue weighted by Crippen LogP contribution is 2.42. The second kappa shape index (κ2) is 10.5. The number of carbonyl (C=O) groups excluding carboxylic acids is 1. The standard InChI is InChI=1S/C29H33NO2/c1-32-27-15-9-8-14-26(27)28(31)30-22-29(25-12-6-3-7-13-25)20-18-24(19-21-29)17-16-23-10-4-2-5-11-23/h2-15,24H,16-22H2,1H3,(H,30,31). The van der Waals surface area contributed by atoms with Gasteiger partial charge in [-0.3, -0.25) is 4.79 Å². The second-order valence-electron chi connectivity index (χ2n) is 9.00. The van der Waals surface area contributed by atoms with Gasteiger partial charge in [0.05, 0.1) is 12.7 Å². The second-order valence-corrected chi connectivity index (χ2v) is 9.00.